The molecule has 1 aromatic carbocycles. The molecule has 1 aliphatic rings. The number of unbranched alkanes of at least 4 members (excludes halogenated alkanes) is 1. The molecule has 2 rings (SSSR count). The van der Waals surface area contributed by atoms with Gasteiger partial charge in [0.05, 0.1) is 6.04 Å². The topological polar surface area (TPSA) is 74.7 Å². The first-order valence-electron chi connectivity index (χ1n) is 9.97. The Hall–Kier alpha value is -2.69. The molecule has 0 aliphatic carbocycles. The third kappa shape index (κ3) is 7.91. The van der Waals surface area contributed by atoms with Crippen LogP contribution in [0, 0.1) is 0 Å². The molecule has 1 unspecified atom stereocenters. The summed E-state index contributed by atoms with van der Waals surface area (Å²) < 4.78 is 0. The number of carbonyl (C=O) groups is 3. The van der Waals surface area contributed by atoms with Gasteiger partial charge in [-0.1, -0.05) is 55.0 Å². The lowest BCUT2D eigenvalue weighted by Crippen LogP contribution is -2.38. The summed E-state index contributed by atoms with van der Waals surface area (Å²) in [5, 5.41) is 8.66. The molecule has 1 aromatic rings. The van der Waals surface area contributed by atoms with Crippen molar-refractivity contribution in [2.24, 2.45) is 0 Å². The summed E-state index contributed by atoms with van der Waals surface area (Å²) in [5.41, 5.74) is 0.982. The third-order valence-corrected chi connectivity index (χ3v) is 4.82. The highest BCUT2D eigenvalue weighted by Gasteiger charge is 2.23. The fourth-order valence-electron chi connectivity index (χ4n) is 3.30. The SMILES string of the molecule is O=C(O)CCC/C=C\CN1C(=O)CCCCC1/C=C/C(=O)Cc1ccccc1. The molecule has 5 heteroatoms. The zero-order chi connectivity index (χ0) is 20.2. The number of carbonyl (C=O) groups excluding carboxylic acids is 2. The highest BCUT2D eigenvalue weighted by molar-refractivity contribution is 5.91. The van der Waals surface area contributed by atoms with Crippen LogP contribution < -0.4 is 0 Å². The van der Waals surface area contributed by atoms with Crippen molar-refractivity contribution in [1.82, 2.24) is 4.90 Å². The van der Waals surface area contributed by atoms with E-state index >= 15 is 0 Å². The second kappa shape index (κ2) is 11.9. The van der Waals surface area contributed by atoms with Crippen LogP contribution in [0.25, 0.3) is 0 Å². The van der Waals surface area contributed by atoms with Crippen molar-refractivity contribution in [3.8, 4) is 0 Å². The van der Waals surface area contributed by atoms with E-state index in [0.717, 1.165) is 24.8 Å². The number of rotatable bonds is 10. The van der Waals surface area contributed by atoms with Crippen molar-refractivity contribution in [1.29, 1.82) is 0 Å². The molecule has 1 fully saturated rings. The molecule has 1 heterocycles. The number of aliphatic carboxylic acids is 1. The minimum atomic E-state index is -0.790. The number of hydrogen-bond donors (Lipinski definition) is 1. The van der Waals surface area contributed by atoms with Crippen LogP contribution in [-0.4, -0.2) is 40.3 Å². The van der Waals surface area contributed by atoms with Gasteiger partial charge in [-0.15, -0.1) is 0 Å². The minimum absolute atomic E-state index is 0.0343. The normalized spacial score (nSPS) is 17.9. The van der Waals surface area contributed by atoms with Crippen LogP contribution >= 0.6 is 0 Å². The fourth-order valence-corrected chi connectivity index (χ4v) is 3.30. The second-order valence-electron chi connectivity index (χ2n) is 7.10. The van der Waals surface area contributed by atoms with Crippen molar-refractivity contribution < 1.29 is 19.5 Å². The summed E-state index contributed by atoms with van der Waals surface area (Å²) in [5.74, 6) is -0.647. The molecule has 150 valence electrons. The van der Waals surface area contributed by atoms with Gasteiger partial charge < -0.3 is 10.0 Å². The zero-order valence-electron chi connectivity index (χ0n) is 16.3. The number of hydrogen-bond acceptors (Lipinski definition) is 3. The Morgan fingerprint density at radius 3 is 2.68 bits per heavy atom. The number of benzene rings is 1. The Bertz CT molecular complexity index is 709. The van der Waals surface area contributed by atoms with Crippen LogP contribution in [0.5, 0.6) is 0 Å². The second-order valence-corrected chi connectivity index (χ2v) is 7.10. The van der Waals surface area contributed by atoms with Crippen LogP contribution in [-0.2, 0) is 20.8 Å². The standard InChI is InChI=1S/C23H29NO4/c25-21(18-19-10-4-3-5-11-19)16-15-20-12-7-8-13-22(26)24(20)17-9-2-1-6-14-23(27)28/h2-5,9-11,15-16,20H,1,6-8,12-14,17-18H2,(H,27,28)/b9-2-,16-15+. The Morgan fingerprint density at radius 2 is 1.93 bits per heavy atom. The predicted octanol–water partition coefficient (Wildman–Crippen LogP) is 3.94. The average molecular weight is 383 g/mol. The van der Waals surface area contributed by atoms with Gasteiger partial charge in [0.25, 0.3) is 0 Å². The lowest BCUT2D eigenvalue weighted by molar-refractivity contribution is -0.137. The molecule has 0 aromatic heterocycles. The van der Waals surface area contributed by atoms with E-state index in [1.54, 1.807) is 6.08 Å². The summed E-state index contributed by atoms with van der Waals surface area (Å²) in [4.78, 5) is 37.1. The van der Waals surface area contributed by atoms with Crippen molar-refractivity contribution >= 4 is 17.7 Å². The number of ketones is 1. The van der Waals surface area contributed by atoms with E-state index in [2.05, 4.69) is 0 Å². The molecule has 28 heavy (non-hydrogen) atoms. The average Bonchev–Trinajstić information content (AvgIpc) is 2.85. The van der Waals surface area contributed by atoms with Gasteiger partial charge in [-0.3, -0.25) is 14.4 Å². The number of carboxylic acids is 1. The maximum absolute atomic E-state index is 12.5. The number of likely N-dealkylation sites (tertiary alicyclic amines) is 1. The smallest absolute Gasteiger partial charge is 0.303 e. The molecule has 1 saturated heterocycles. The Balaban J connectivity index is 1.92. The number of amides is 1. The highest BCUT2D eigenvalue weighted by Crippen LogP contribution is 2.19. The van der Waals surface area contributed by atoms with Gasteiger partial charge in [0.2, 0.25) is 5.91 Å². The minimum Gasteiger partial charge on any atom is -0.481 e. The summed E-state index contributed by atoms with van der Waals surface area (Å²) in [7, 11) is 0. The Morgan fingerprint density at radius 1 is 1.14 bits per heavy atom. The first-order chi connectivity index (χ1) is 13.6. The highest BCUT2D eigenvalue weighted by atomic mass is 16.4. The summed E-state index contributed by atoms with van der Waals surface area (Å²) >= 11 is 0. The van der Waals surface area contributed by atoms with E-state index in [4.69, 9.17) is 5.11 Å². The van der Waals surface area contributed by atoms with E-state index in [1.807, 2.05) is 53.5 Å². The lowest BCUT2D eigenvalue weighted by atomic mass is 10.1. The molecule has 1 amide bonds. The van der Waals surface area contributed by atoms with Crippen molar-refractivity contribution in [3.63, 3.8) is 0 Å². The lowest BCUT2D eigenvalue weighted by Gasteiger charge is -2.26. The molecule has 0 saturated carbocycles. The summed E-state index contributed by atoms with van der Waals surface area (Å²) in [6.45, 7) is 0.494. The molecule has 1 atom stereocenters. The van der Waals surface area contributed by atoms with Gasteiger partial charge in [0.15, 0.2) is 5.78 Å². The van der Waals surface area contributed by atoms with Gasteiger partial charge in [-0.2, -0.15) is 0 Å². The van der Waals surface area contributed by atoms with Crippen molar-refractivity contribution in [2.45, 2.75) is 57.4 Å². The van der Waals surface area contributed by atoms with Gasteiger partial charge in [-0.05, 0) is 37.3 Å². The maximum Gasteiger partial charge on any atom is 0.303 e. The summed E-state index contributed by atoms with van der Waals surface area (Å²) in [6.07, 6.45) is 12.4. The fraction of sp³-hybridized carbons (Fsp3) is 0.435. The monoisotopic (exact) mass is 383 g/mol. The molecule has 1 aliphatic heterocycles. The van der Waals surface area contributed by atoms with Crippen LogP contribution in [0.4, 0.5) is 0 Å². The molecule has 1 N–H and O–H groups in total. The molecule has 0 spiro atoms. The van der Waals surface area contributed by atoms with Gasteiger partial charge in [0.1, 0.15) is 0 Å². The first-order valence-corrected chi connectivity index (χ1v) is 9.97. The number of carboxylic acid groups (broad SMARTS) is 1. The van der Waals surface area contributed by atoms with Gasteiger partial charge in [0, 0.05) is 25.8 Å². The van der Waals surface area contributed by atoms with E-state index in [-0.39, 0.29) is 24.2 Å². The first kappa shape index (κ1) is 21.6. The van der Waals surface area contributed by atoms with E-state index in [0.29, 0.717) is 32.2 Å². The molecular formula is C23H29NO4. The van der Waals surface area contributed by atoms with Gasteiger partial charge in [-0.25, -0.2) is 0 Å². The van der Waals surface area contributed by atoms with Gasteiger partial charge >= 0.3 is 5.97 Å². The largest absolute Gasteiger partial charge is 0.481 e. The van der Waals surface area contributed by atoms with Crippen LogP contribution in [0.3, 0.4) is 0 Å². The quantitative estimate of drug-likeness (QED) is 0.377. The van der Waals surface area contributed by atoms with Crippen molar-refractivity contribution in [3.05, 3.63) is 60.2 Å². The predicted molar refractivity (Wildman–Crippen MR) is 109 cm³/mol. The van der Waals surface area contributed by atoms with Crippen molar-refractivity contribution in [2.75, 3.05) is 6.54 Å². The van der Waals surface area contributed by atoms with Crippen LogP contribution in [0.2, 0.25) is 0 Å². The molecule has 5 nitrogen and oxygen atoms in total. The molecule has 0 radical (unpaired) electrons. The van der Waals surface area contributed by atoms with Crippen LogP contribution in [0.1, 0.15) is 50.5 Å². The Labute approximate surface area is 166 Å². The third-order valence-electron chi connectivity index (χ3n) is 4.82. The molecule has 0 bridgehead atoms. The number of allylic oxidation sites excluding steroid dienone is 2. The number of nitrogens with zero attached hydrogens (tertiary/aromatic N) is 1. The maximum atomic E-state index is 12.5. The van der Waals surface area contributed by atoms with E-state index in [1.165, 1.54) is 0 Å². The van der Waals surface area contributed by atoms with Crippen LogP contribution in [0.15, 0.2) is 54.6 Å². The summed E-state index contributed by atoms with van der Waals surface area (Å²) in [6, 6.07) is 9.55. The van der Waals surface area contributed by atoms with E-state index in [9.17, 15) is 14.4 Å². The Kier molecular flexibility index (Phi) is 9.19. The zero-order valence-corrected chi connectivity index (χ0v) is 16.3. The van der Waals surface area contributed by atoms with E-state index < -0.39 is 5.97 Å². The molecular weight excluding hydrogens is 354 g/mol.